The third-order valence-corrected chi connectivity index (χ3v) is 4.80. The highest BCUT2D eigenvalue weighted by atomic mass is 19.2. The summed E-state index contributed by atoms with van der Waals surface area (Å²) in [5.74, 6) is -11.4. The molecule has 1 aromatic heterocycles. The minimum Gasteiger partial charge on any atom is -0.484 e. The number of halogens is 5. The molecule has 0 atom stereocenters. The second-order valence-electron chi connectivity index (χ2n) is 6.98. The fraction of sp³-hybridized carbons (Fsp3) is 0.130. The zero-order valence-electron chi connectivity index (χ0n) is 17.0. The smallest absolute Gasteiger partial charge is 0.262 e. The molecule has 4 aromatic rings. The van der Waals surface area contributed by atoms with Gasteiger partial charge in [0.15, 0.2) is 35.5 Å². The number of aromatic nitrogens is 1. The van der Waals surface area contributed by atoms with E-state index in [1.54, 1.807) is 12.1 Å². The summed E-state index contributed by atoms with van der Waals surface area (Å²) >= 11 is 0. The van der Waals surface area contributed by atoms with Gasteiger partial charge in [0, 0.05) is 5.69 Å². The summed E-state index contributed by atoms with van der Waals surface area (Å²) in [7, 11) is 0. The van der Waals surface area contributed by atoms with E-state index in [4.69, 9.17) is 9.15 Å². The number of nitrogens with one attached hydrogen (secondary N) is 1. The number of fused-ring (bicyclic) bond motifs is 1. The van der Waals surface area contributed by atoms with Gasteiger partial charge in [-0.05, 0) is 42.3 Å². The Balaban J connectivity index is 1.52. The Bertz CT molecular complexity index is 1320. The standard InChI is InChI=1S/C23H15F5N2O3/c1-2-11-3-6-13(7-4-11)32-10-16(31)29-12-5-8-15-14(9-12)30-23(33-15)17-18(24)20(26)22(28)21(27)19(17)25/h3-9H,2,10H2,1H3,(H,29,31). The van der Waals surface area contributed by atoms with Crippen LogP contribution in [-0.4, -0.2) is 17.5 Å². The number of carbonyl (C=O) groups is 1. The Hall–Kier alpha value is -3.95. The summed E-state index contributed by atoms with van der Waals surface area (Å²) < 4.78 is 78.9. The Morgan fingerprint density at radius 3 is 2.21 bits per heavy atom. The van der Waals surface area contributed by atoms with Gasteiger partial charge in [-0.3, -0.25) is 4.79 Å². The SMILES string of the molecule is CCc1ccc(OCC(=O)Nc2ccc3oc(-c4c(F)c(F)c(F)c(F)c4F)nc3c2)cc1. The van der Waals surface area contributed by atoms with Crippen LogP contribution >= 0.6 is 0 Å². The molecule has 170 valence electrons. The molecule has 0 spiro atoms. The monoisotopic (exact) mass is 462 g/mol. The number of anilines is 1. The number of oxazole rings is 1. The molecule has 0 fully saturated rings. The Kier molecular flexibility index (Phi) is 5.99. The predicted octanol–water partition coefficient (Wildman–Crippen LogP) is 5.77. The molecule has 1 N–H and O–H groups in total. The lowest BCUT2D eigenvalue weighted by Crippen LogP contribution is -2.20. The normalized spacial score (nSPS) is 11.1. The van der Waals surface area contributed by atoms with E-state index in [9.17, 15) is 26.7 Å². The van der Waals surface area contributed by atoms with Crippen molar-refractivity contribution in [2.75, 3.05) is 11.9 Å². The van der Waals surface area contributed by atoms with Gasteiger partial charge in [-0.15, -0.1) is 0 Å². The highest BCUT2D eigenvalue weighted by Gasteiger charge is 2.29. The number of amides is 1. The molecule has 0 unspecified atom stereocenters. The Morgan fingerprint density at radius 2 is 1.58 bits per heavy atom. The molecule has 1 amide bonds. The van der Waals surface area contributed by atoms with Crippen LogP contribution in [0.1, 0.15) is 12.5 Å². The van der Waals surface area contributed by atoms with E-state index < -0.39 is 46.4 Å². The maximum absolute atomic E-state index is 14.0. The fourth-order valence-corrected chi connectivity index (χ4v) is 3.07. The number of ether oxygens (including phenoxy) is 1. The van der Waals surface area contributed by atoms with Crippen molar-refractivity contribution < 1.29 is 35.9 Å². The largest absolute Gasteiger partial charge is 0.484 e. The van der Waals surface area contributed by atoms with Crippen molar-refractivity contribution in [3.63, 3.8) is 0 Å². The zero-order chi connectivity index (χ0) is 23.7. The van der Waals surface area contributed by atoms with E-state index >= 15 is 0 Å². The number of benzene rings is 3. The molecule has 4 rings (SSSR count). The summed E-state index contributed by atoms with van der Waals surface area (Å²) in [6.07, 6.45) is 0.872. The molecule has 1 heterocycles. The molecular weight excluding hydrogens is 447 g/mol. The molecule has 0 aliphatic heterocycles. The predicted molar refractivity (Wildman–Crippen MR) is 109 cm³/mol. The number of hydrogen-bond acceptors (Lipinski definition) is 4. The summed E-state index contributed by atoms with van der Waals surface area (Å²) in [6, 6.07) is 11.3. The van der Waals surface area contributed by atoms with Gasteiger partial charge in [-0.1, -0.05) is 19.1 Å². The topological polar surface area (TPSA) is 64.4 Å². The molecule has 0 saturated heterocycles. The van der Waals surface area contributed by atoms with Gasteiger partial charge in [0.25, 0.3) is 5.91 Å². The van der Waals surface area contributed by atoms with Crippen molar-refractivity contribution >= 4 is 22.7 Å². The van der Waals surface area contributed by atoms with Crippen LogP contribution in [0.2, 0.25) is 0 Å². The minimum atomic E-state index is -2.28. The van der Waals surface area contributed by atoms with Crippen molar-refractivity contribution in [2.24, 2.45) is 0 Å². The highest BCUT2D eigenvalue weighted by Crippen LogP contribution is 2.33. The van der Waals surface area contributed by atoms with Gasteiger partial charge in [-0.2, -0.15) is 0 Å². The first-order chi connectivity index (χ1) is 15.8. The van der Waals surface area contributed by atoms with E-state index in [2.05, 4.69) is 10.3 Å². The van der Waals surface area contributed by atoms with Gasteiger partial charge in [0.1, 0.15) is 16.8 Å². The second kappa shape index (κ2) is 8.89. The molecule has 3 aromatic carbocycles. The first-order valence-electron chi connectivity index (χ1n) is 9.72. The van der Waals surface area contributed by atoms with Crippen LogP contribution in [0.15, 0.2) is 46.9 Å². The summed E-state index contributed by atoms with van der Waals surface area (Å²) in [5.41, 5.74) is 0.144. The van der Waals surface area contributed by atoms with E-state index in [0.717, 1.165) is 12.0 Å². The zero-order valence-corrected chi connectivity index (χ0v) is 17.0. The Morgan fingerprint density at radius 1 is 0.939 bits per heavy atom. The molecule has 0 saturated carbocycles. The molecule has 0 aliphatic rings. The maximum Gasteiger partial charge on any atom is 0.262 e. The molecule has 0 aliphatic carbocycles. The first kappa shape index (κ1) is 22.3. The van der Waals surface area contributed by atoms with Crippen LogP contribution in [0.3, 0.4) is 0 Å². The number of hydrogen-bond donors (Lipinski definition) is 1. The number of aryl methyl sites for hydroxylation is 1. The van der Waals surface area contributed by atoms with Crippen LogP contribution in [0.4, 0.5) is 27.6 Å². The Labute approximate surface area is 183 Å². The van der Waals surface area contributed by atoms with Crippen LogP contribution in [0.5, 0.6) is 5.75 Å². The van der Waals surface area contributed by atoms with Crippen LogP contribution < -0.4 is 10.1 Å². The molecule has 10 heteroatoms. The van der Waals surface area contributed by atoms with E-state index in [-0.39, 0.29) is 23.4 Å². The van der Waals surface area contributed by atoms with Gasteiger partial charge in [0.05, 0.1) is 0 Å². The molecule has 0 bridgehead atoms. The average molecular weight is 462 g/mol. The third-order valence-electron chi connectivity index (χ3n) is 4.80. The van der Waals surface area contributed by atoms with Crippen molar-refractivity contribution in [2.45, 2.75) is 13.3 Å². The molecule has 33 heavy (non-hydrogen) atoms. The lowest BCUT2D eigenvalue weighted by Gasteiger charge is -2.08. The first-order valence-corrected chi connectivity index (χ1v) is 9.72. The van der Waals surface area contributed by atoms with Gasteiger partial charge in [0.2, 0.25) is 11.7 Å². The van der Waals surface area contributed by atoms with Gasteiger partial charge < -0.3 is 14.5 Å². The molecule has 5 nitrogen and oxygen atoms in total. The number of rotatable bonds is 6. The van der Waals surface area contributed by atoms with E-state index in [0.29, 0.717) is 5.75 Å². The average Bonchev–Trinajstić information content (AvgIpc) is 3.23. The van der Waals surface area contributed by atoms with Crippen LogP contribution in [-0.2, 0) is 11.2 Å². The van der Waals surface area contributed by atoms with Crippen LogP contribution in [0, 0.1) is 29.1 Å². The number of nitrogens with zero attached hydrogens (tertiary/aromatic N) is 1. The molecular formula is C23H15F5N2O3. The van der Waals surface area contributed by atoms with Gasteiger partial charge in [-0.25, -0.2) is 26.9 Å². The van der Waals surface area contributed by atoms with Crippen molar-refractivity contribution in [3.8, 4) is 17.2 Å². The minimum absolute atomic E-state index is 0.0132. The maximum atomic E-state index is 14.0. The lowest BCUT2D eigenvalue weighted by molar-refractivity contribution is -0.118. The third kappa shape index (κ3) is 4.36. The lowest BCUT2D eigenvalue weighted by atomic mass is 10.1. The molecule has 0 radical (unpaired) electrons. The van der Waals surface area contributed by atoms with Crippen molar-refractivity contribution in [1.29, 1.82) is 0 Å². The second-order valence-corrected chi connectivity index (χ2v) is 6.98. The van der Waals surface area contributed by atoms with Gasteiger partial charge >= 0.3 is 0 Å². The highest BCUT2D eigenvalue weighted by molar-refractivity contribution is 5.94. The van der Waals surface area contributed by atoms with Crippen molar-refractivity contribution in [1.82, 2.24) is 4.98 Å². The fourth-order valence-electron chi connectivity index (χ4n) is 3.07. The summed E-state index contributed by atoms with van der Waals surface area (Å²) in [4.78, 5) is 16.0. The van der Waals surface area contributed by atoms with E-state index in [1.807, 2.05) is 19.1 Å². The summed E-state index contributed by atoms with van der Waals surface area (Å²) in [6.45, 7) is 1.74. The quantitative estimate of drug-likeness (QED) is 0.225. The summed E-state index contributed by atoms with van der Waals surface area (Å²) in [5, 5.41) is 2.56. The van der Waals surface area contributed by atoms with E-state index in [1.165, 1.54) is 18.2 Å². The number of carbonyl (C=O) groups excluding carboxylic acids is 1. The van der Waals surface area contributed by atoms with Crippen LogP contribution in [0.25, 0.3) is 22.6 Å². The van der Waals surface area contributed by atoms with Crippen molar-refractivity contribution in [3.05, 3.63) is 77.1 Å².